The SMILES string of the molecule is CCC(=O)Nc1cccc(C2CCN(Cc3cc4ccc(Cl)cc4n3-c3ccc(Cl)cc3)CC2)c1. The van der Waals surface area contributed by atoms with Crippen molar-refractivity contribution in [1.82, 2.24) is 9.47 Å². The molecule has 0 radical (unpaired) electrons. The van der Waals surface area contributed by atoms with Gasteiger partial charge in [0.1, 0.15) is 0 Å². The Morgan fingerprint density at radius 2 is 1.69 bits per heavy atom. The molecule has 0 saturated carbocycles. The van der Waals surface area contributed by atoms with Gasteiger partial charge in [0.05, 0.1) is 5.52 Å². The van der Waals surface area contributed by atoms with Crippen LogP contribution in [0.2, 0.25) is 10.0 Å². The first kappa shape index (κ1) is 23.9. The quantitative estimate of drug-likeness (QED) is 0.291. The van der Waals surface area contributed by atoms with Crippen LogP contribution in [-0.2, 0) is 11.3 Å². The Hall–Kier alpha value is -2.79. The van der Waals surface area contributed by atoms with E-state index < -0.39 is 0 Å². The van der Waals surface area contributed by atoms with Crippen LogP contribution < -0.4 is 5.32 Å². The number of rotatable bonds is 6. The van der Waals surface area contributed by atoms with Gasteiger partial charge < -0.3 is 9.88 Å². The van der Waals surface area contributed by atoms with E-state index in [1.54, 1.807) is 0 Å². The molecule has 1 fully saturated rings. The highest BCUT2D eigenvalue weighted by Gasteiger charge is 2.23. The van der Waals surface area contributed by atoms with Crippen LogP contribution in [0.5, 0.6) is 0 Å². The summed E-state index contributed by atoms with van der Waals surface area (Å²) in [7, 11) is 0. The summed E-state index contributed by atoms with van der Waals surface area (Å²) in [6.07, 6.45) is 2.68. The summed E-state index contributed by atoms with van der Waals surface area (Å²) in [5.41, 5.74) is 5.64. The van der Waals surface area contributed by atoms with Crippen molar-refractivity contribution in [3.63, 3.8) is 0 Å². The van der Waals surface area contributed by atoms with Crippen LogP contribution in [0.25, 0.3) is 16.6 Å². The van der Waals surface area contributed by atoms with Crippen molar-refractivity contribution in [2.75, 3.05) is 18.4 Å². The van der Waals surface area contributed by atoms with Crippen molar-refractivity contribution >= 4 is 45.7 Å². The highest BCUT2D eigenvalue weighted by atomic mass is 35.5. The topological polar surface area (TPSA) is 37.3 Å². The summed E-state index contributed by atoms with van der Waals surface area (Å²) in [6.45, 7) is 4.79. The molecule has 4 aromatic rings. The van der Waals surface area contributed by atoms with Crippen molar-refractivity contribution in [3.05, 3.63) is 94.1 Å². The minimum Gasteiger partial charge on any atom is -0.326 e. The molecular formula is C29H29Cl2N3O. The molecule has 2 heterocycles. The van der Waals surface area contributed by atoms with Gasteiger partial charge in [0.15, 0.2) is 0 Å². The van der Waals surface area contributed by atoms with Crippen molar-refractivity contribution in [2.45, 2.75) is 38.6 Å². The average Bonchev–Trinajstić information content (AvgIpc) is 3.22. The van der Waals surface area contributed by atoms with Crippen LogP contribution in [0, 0.1) is 0 Å². The minimum atomic E-state index is 0.0503. The highest BCUT2D eigenvalue weighted by Crippen LogP contribution is 2.32. The average molecular weight is 506 g/mol. The molecule has 6 heteroatoms. The van der Waals surface area contributed by atoms with Gasteiger partial charge in [-0.3, -0.25) is 9.69 Å². The largest absolute Gasteiger partial charge is 0.326 e. The number of anilines is 1. The molecular weight excluding hydrogens is 477 g/mol. The molecule has 0 atom stereocenters. The third-order valence-electron chi connectivity index (χ3n) is 6.86. The number of nitrogens with zero attached hydrogens (tertiary/aromatic N) is 2. The zero-order chi connectivity index (χ0) is 24.4. The van der Waals surface area contributed by atoms with Gasteiger partial charge in [-0.2, -0.15) is 0 Å². The Morgan fingerprint density at radius 1 is 0.943 bits per heavy atom. The van der Waals surface area contributed by atoms with Gasteiger partial charge in [-0.15, -0.1) is 0 Å². The van der Waals surface area contributed by atoms with Gasteiger partial charge in [-0.1, -0.05) is 48.3 Å². The maximum atomic E-state index is 11.8. The number of hydrogen-bond acceptors (Lipinski definition) is 2. The second kappa shape index (κ2) is 10.4. The fraction of sp³-hybridized carbons (Fsp3) is 0.276. The lowest BCUT2D eigenvalue weighted by Gasteiger charge is -2.32. The van der Waals surface area contributed by atoms with Gasteiger partial charge in [-0.05, 0) is 92.0 Å². The summed E-state index contributed by atoms with van der Waals surface area (Å²) in [5, 5.41) is 5.62. The van der Waals surface area contributed by atoms with Crippen LogP contribution in [0.4, 0.5) is 5.69 Å². The first-order chi connectivity index (χ1) is 17.0. The molecule has 1 aromatic heterocycles. The number of hydrogen-bond donors (Lipinski definition) is 1. The normalized spacial score (nSPS) is 14.9. The van der Waals surface area contributed by atoms with Gasteiger partial charge in [0.2, 0.25) is 5.91 Å². The molecule has 0 unspecified atom stereocenters. The molecule has 3 aromatic carbocycles. The molecule has 1 N–H and O–H groups in total. The molecule has 5 rings (SSSR count). The number of piperidine rings is 1. The molecule has 1 amide bonds. The Labute approximate surface area is 216 Å². The summed E-state index contributed by atoms with van der Waals surface area (Å²) in [4.78, 5) is 14.3. The fourth-order valence-electron chi connectivity index (χ4n) is 5.02. The molecule has 0 bridgehead atoms. The van der Waals surface area contributed by atoms with Crippen LogP contribution in [0.3, 0.4) is 0 Å². The summed E-state index contributed by atoms with van der Waals surface area (Å²) in [5.74, 6) is 0.556. The second-order valence-electron chi connectivity index (χ2n) is 9.23. The molecule has 4 nitrogen and oxygen atoms in total. The molecule has 0 spiro atoms. The minimum absolute atomic E-state index is 0.0503. The molecule has 35 heavy (non-hydrogen) atoms. The van der Waals surface area contributed by atoms with Crippen molar-refractivity contribution in [1.29, 1.82) is 0 Å². The van der Waals surface area contributed by atoms with E-state index in [4.69, 9.17) is 23.2 Å². The van der Waals surface area contributed by atoms with E-state index in [1.165, 1.54) is 16.6 Å². The summed E-state index contributed by atoms with van der Waals surface area (Å²) in [6, 6.07) is 24.6. The fourth-order valence-corrected chi connectivity index (χ4v) is 5.31. The molecule has 0 aliphatic carbocycles. The van der Waals surface area contributed by atoms with Crippen LogP contribution >= 0.6 is 23.2 Å². The third-order valence-corrected chi connectivity index (χ3v) is 7.35. The number of likely N-dealkylation sites (tertiary alicyclic amines) is 1. The maximum absolute atomic E-state index is 11.8. The van der Waals surface area contributed by atoms with Crippen molar-refractivity contribution in [2.24, 2.45) is 0 Å². The van der Waals surface area contributed by atoms with E-state index in [9.17, 15) is 4.79 Å². The summed E-state index contributed by atoms with van der Waals surface area (Å²) < 4.78 is 2.30. The number of benzene rings is 3. The van der Waals surface area contributed by atoms with E-state index in [-0.39, 0.29) is 5.91 Å². The van der Waals surface area contributed by atoms with E-state index in [0.29, 0.717) is 12.3 Å². The first-order valence-corrected chi connectivity index (χ1v) is 12.9. The zero-order valence-electron chi connectivity index (χ0n) is 19.8. The zero-order valence-corrected chi connectivity index (χ0v) is 21.3. The lowest BCUT2D eigenvalue weighted by Crippen LogP contribution is -2.33. The van der Waals surface area contributed by atoms with E-state index in [0.717, 1.165) is 59.4 Å². The monoisotopic (exact) mass is 505 g/mol. The predicted octanol–water partition coefficient (Wildman–Crippen LogP) is 7.67. The number of amides is 1. The Kier molecular flexibility index (Phi) is 7.14. The molecule has 1 saturated heterocycles. The van der Waals surface area contributed by atoms with E-state index in [1.807, 2.05) is 43.3 Å². The van der Waals surface area contributed by atoms with Gasteiger partial charge in [0, 0.05) is 45.5 Å². The number of aromatic nitrogens is 1. The molecule has 1 aliphatic heterocycles. The standard InChI is InChI=1S/C29H29Cl2N3O/c1-2-29(35)32-25-5-3-4-21(16-25)20-12-14-33(15-13-20)19-27-17-22-6-7-24(31)18-28(22)34(27)26-10-8-23(30)9-11-26/h3-11,16-18,20H,2,12-15,19H2,1H3,(H,32,35). The molecule has 180 valence electrons. The van der Waals surface area contributed by atoms with Gasteiger partial charge in [-0.25, -0.2) is 0 Å². The van der Waals surface area contributed by atoms with Crippen LogP contribution in [-0.4, -0.2) is 28.5 Å². The van der Waals surface area contributed by atoms with Gasteiger partial charge >= 0.3 is 0 Å². The van der Waals surface area contributed by atoms with Crippen LogP contribution in [0.1, 0.15) is 43.4 Å². The van der Waals surface area contributed by atoms with Crippen LogP contribution in [0.15, 0.2) is 72.8 Å². The number of halogens is 2. The lowest BCUT2D eigenvalue weighted by molar-refractivity contribution is -0.115. The number of fused-ring (bicyclic) bond motifs is 1. The maximum Gasteiger partial charge on any atom is 0.224 e. The lowest BCUT2D eigenvalue weighted by atomic mass is 9.89. The summed E-state index contributed by atoms with van der Waals surface area (Å²) >= 11 is 12.5. The van der Waals surface area contributed by atoms with Crippen molar-refractivity contribution in [3.8, 4) is 5.69 Å². The Morgan fingerprint density at radius 3 is 2.43 bits per heavy atom. The Bertz CT molecular complexity index is 1340. The number of carbonyl (C=O) groups excluding carboxylic acids is 1. The van der Waals surface area contributed by atoms with E-state index >= 15 is 0 Å². The van der Waals surface area contributed by atoms with Gasteiger partial charge in [0.25, 0.3) is 0 Å². The predicted molar refractivity (Wildman–Crippen MR) is 146 cm³/mol. The number of nitrogens with one attached hydrogen (secondary N) is 1. The second-order valence-corrected chi connectivity index (χ2v) is 10.1. The smallest absolute Gasteiger partial charge is 0.224 e. The first-order valence-electron chi connectivity index (χ1n) is 12.2. The van der Waals surface area contributed by atoms with Crippen molar-refractivity contribution < 1.29 is 4.79 Å². The molecule has 1 aliphatic rings. The third kappa shape index (κ3) is 5.40. The highest BCUT2D eigenvalue weighted by molar-refractivity contribution is 6.31. The Balaban J connectivity index is 1.33. The van der Waals surface area contributed by atoms with E-state index in [2.05, 4.69) is 51.2 Å². The number of carbonyl (C=O) groups is 1.